The zero-order valence-electron chi connectivity index (χ0n) is 14.4. The lowest BCUT2D eigenvalue weighted by atomic mass is 9.96. The Labute approximate surface area is 154 Å². The molecule has 2 N–H and O–H groups in total. The maximum Gasteiger partial charge on any atom is 0.148 e. The molecule has 4 rings (SSSR count). The zero-order chi connectivity index (χ0) is 17.3. The van der Waals surface area contributed by atoms with Crippen molar-refractivity contribution in [3.05, 3.63) is 35.8 Å². The average molecular weight is 361 g/mol. The highest BCUT2D eigenvalue weighted by Gasteiger charge is 2.61. The summed E-state index contributed by atoms with van der Waals surface area (Å²) in [7, 11) is 0. The highest BCUT2D eigenvalue weighted by atomic mass is 35.5. The maximum atomic E-state index is 6.17. The van der Waals surface area contributed by atoms with Crippen molar-refractivity contribution in [2.45, 2.75) is 38.3 Å². The maximum absolute atomic E-state index is 6.17. The van der Waals surface area contributed by atoms with E-state index < -0.39 is 0 Å². The van der Waals surface area contributed by atoms with Crippen molar-refractivity contribution in [3.63, 3.8) is 0 Å². The van der Waals surface area contributed by atoms with Crippen LogP contribution in [0, 0.1) is 11.3 Å². The van der Waals surface area contributed by atoms with Gasteiger partial charge in [0.25, 0.3) is 0 Å². The summed E-state index contributed by atoms with van der Waals surface area (Å²) >= 11 is 6.17. The second-order valence-electron chi connectivity index (χ2n) is 7.30. The summed E-state index contributed by atoms with van der Waals surface area (Å²) in [6.07, 6.45) is 15.0. The van der Waals surface area contributed by atoms with Gasteiger partial charge in [0.15, 0.2) is 0 Å². The van der Waals surface area contributed by atoms with E-state index in [2.05, 4.69) is 14.9 Å². The van der Waals surface area contributed by atoms with Gasteiger partial charge in [-0.1, -0.05) is 23.8 Å². The van der Waals surface area contributed by atoms with Crippen LogP contribution in [0.2, 0.25) is 0 Å². The Morgan fingerprint density at radius 2 is 2.40 bits per heavy atom. The van der Waals surface area contributed by atoms with Crippen molar-refractivity contribution < 1.29 is 4.74 Å². The van der Waals surface area contributed by atoms with Gasteiger partial charge in [0, 0.05) is 37.7 Å². The fourth-order valence-corrected chi connectivity index (χ4v) is 4.32. The average Bonchev–Trinajstić information content (AvgIpc) is 3.27. The second kappa shape index (κ2) is 6.96. The van der Waals surface area contributed by atoms with Gasteiger partial charge in [-0.3, -0.25) is 4.99 Å². The summed E-state index contributed by atoms with van der Waals surface area (Å²) < 4.78 is 5.70. The first-order valence-corrected chi connectivity index (χ1v) is 9.51. The van der Waals surface area contributed by atoms with E-state index in [1.165, 1.54) is 12.8 Å². The summed E-state index contributed by atoms with van der Waals surface area (Å²) in [4.78, 5) is 11.5. The molecule has 3 heterocycles. The van der Waals surface area contributed by atoms with Gasteiger partial charge in [-0.15, -0.1) is 0 Å². The number of hydrogen-bond acceptors (Lipinski definition) is 5. The van der Waals surface area contributed by atoms with Crippen LogP contribution in [0.1, 0.15) is 32.1 Å². The molecule has 3 fully saturated rings. The van der Waals surface area contributed by atoms with Gasteiger partial charge in [0.05, 0.1) is 0 Å². The number of aliphatic imine (C=N–C) groups is 2. The molecule has 0 amide bonds. The van der Waals surface area contributed by atoms with E-state index in [9.17, 15) is 0 Å². The number of likely N-dealkylation sites (tertiary alicyclic amines) is 1. The minimum absolute atomic E-state index is 0.00656. The lowest BCUT2D eigenvalue weighted by molar-refractivity contribution is 0.0226. The van der Waals surface area contributed by atoms with Crippen molar-refractivity contribution in [2.24, 2.45) is 27.1 Å². The number of nitrogens with two attached hydrogens (primary N) is 1. The number of halogens is 1. The fourth-order valence-electron chi connectivity index (χ4n) is 4.15. The van der Waals surface area contributed by atoms with Crippen molar-refractivity contribution in [1.82, 2.24) is 4.90 Å². The molecule has 3 aliphatic heterocycles. The van der Waals surface area contributed by atoms with E-state index in [1.807, 2.05) is 24.4 Å². The fraction of sp³-hybridized carbons (Fsp3) is 0.579. The Morgan fingerprint density at radius 3 is 3.20 bits per heavy atom. The smallest absolute Gasteiger partial charge is 0.148 e. The van der Waals surface area contributed by atoms with Crippen LogP contribution in [0.4, 0.5) is 0 Å². The Morgan fingerprint density at radius 1 is 1.48 bits per heavy atom. The number of nitrogens with zero attached hydrogens (tertiary/aromatic N) is 3. The van der Waals surface area contributed by atoms with Crippen molar-refractivity contribution in [1.29, 1.82) is 0 Å². The monoisotopic (exact) mass is 360 g/mol. The van der Waals surface area contributed by atoms with Gasteiger partial charge < -0.3 is 15.4 Å². The van der Waals surface area contributed by atoms with E-state index in [1.54, 1.807) is 6.20 Å². The first-order valence-electron chi connectivity index (χ1n) is 9.13. The highest BCUT2D eigenvalue weighted by molar-refractivity contribution is 6.65. The van der Waals surface area contributed by atoms with E-state index in [4.69, 9.17) is 22.1 Å². The van der Waals surface area contributed by atoms with Crippen molar-refractivity contribution in [3.8, 4) is 0 Å². The number of fused-ring (bicyclic) bond motifs is 1. The van der Waals surface area contributed by atoms with Crippen LogP contribution in [0.5, 0.6) is 0 Å². The predicted octanol–water partition coefficient (Wildman–Crippen LogP) is 3.19. The third-order valence-corrected chi connectivity index (χ3v) is 5.90. The molecule has 1 aliphatic carbocycles. The summed E-state index contributed by atoms with van der Waals surface area (Å²) in [5, 5.41) is 0.639. The minimum atomic E-state index is -0.00656. The molecular formula is C19H25ClN4O. The summed E-state index contributed by atoms with van der Waals surface area (Å²) in [6.45, 7) is 2.73. The van der Waals surface area contributed by atoms with E-state index in [0.29, 0.717) is 17.5 Å². The van der Waals surface area contributed by atoms with Gasteiger partial charge in [-0.2, -0.15) is 0 Å². The number of hydrogen-bond donors (Lipinski definition) is 1. The van der Waals surface area contributed by atoms with E-state index >= 15 is 0 Å². The SMILES string of the molecule is N/C=C(\C=N\C1CCCCO1)C12CC1CN(C1=CC=CCC(Cl)=N1)C2. The summed E-state index contributed by atoms with van der Waals surface area (Å²) in [6, 6.07) is 0. The van der Waals surface area contributed by atoms with Crippen LogP contribution in [-0.2, 0) is 4.74 Å². The van der Waals surface area contributed by atoms with E-state index in [-0.39, 0.29) is 11.6 Å². The lowest BCUT2D eigenvalue weighted by Crippen LogP contribution is -2.25. The first kappa shape index (κ1) is 16.9. The molecule has 0 radical (unpaired) electrons. The lowest BCUT2D eigenvalue weighted by Gasteiger charge is -2.24. The quantitative estimate of drug-likeness (QED) is 0.783. The van der Waals surface area contributed by atoms with E-state index in [0.717, 1.165) is 43.9 Å². The van der Waals surface area contributed by atoms with Gasteiger partial charge >= 0.3 is 0 Å². The summed E-state index contributed by atoms with van der Waals surface area (Å²) in [5.74, 6) is 1.57. The molecule has 3 atom stereocenters. The van der Waals surface area contributed by atoms with Gasteiger partial charge in [0.2, 0.25) is 0 Å². The Bertz CT molecular complexity index is 675. The standard InChI is InChI=1S/C19H25ClN4O/c20-16-5-1-2-6-17(23-16)24-12-14-9-19(14,13-24)15(10-21)11-22-18-7-3-4-8-25-18/h1-2,6,10-11,14,18H,3-5,7-9,12-13,21H2/b15-10+,22-11+. The van der Waals surface area contributed by atoms with Gasteiger partial charge in [0.1, 0.15) is 17.2 Å². The molecule has 2 saturated heterocycles. The van der Waals surface area contributed by atoms with Crippen LogP contribution in [0.3, 0.4) is 0 Å². The topological polar surface area (TPSA) is 63.2 Å². The predicted molar refractivity (Wildman–Crippen MR) is 102 cm³/mol. The van der Waals surface area contributed by atoms with Gasteiger partial charge in [-0.25, -0.2) is 4.99 Å². The second-order valence-corrected chi connectivity index (χ2v) is 7.74. The summed E-state index contributed by atoms with van der Waals surface area (Å²) in [5.41, 5.74) is 7.21. The van der Waals surface area contributed by atoms with Crippen LogP contribution in [0.25, 0.3) is 0 Å². The molecule has 4 aliphatic rings. The van der Waals surface area contributed by atoms with Crippen LogP contribution < -0.4 is 5.73 Å². The Hall–Kier alpha value is -1.59. The molecule has 0 spiro atoms. The van der Waals surface area contributed by atoms with Crippen molar-refractivity contribution >= 4 is 23.0 Å². The molecule has 134 valence electrons. The third kappa shape index (κ3) is 3.40. The number of rotatable bonds is 4. The normalized spacial score (nSPS) is 35.4. The molecule has 0 aromatic carbocycles. The molecule has 3 unspecified atom stereocenters. The molecule has 0 aromatic heterocycles. The largest absolute Gasteiger partial charge is 0.404 e. The number of piperidine rings is 1. The third-order valence-electron chi connectivity index (χ3n) is 5.66. The molecule has 0 bridgehead atoms. The van der Waals surface area contributed by atoms with Crippen LogP contribution in [0.15, 0.2) is 45.8 Å². The Kier molecular flexibility index (Phi) is 4.69. The molecule has 0 aromatic rings. The first-order chi connectivity index (χ1) is 12.2. The van der Waals surface area contributed by atoms with Crippen LogP contribution >= 0.6 is 11.6 Å². The molecule has 6 heteroatoms. The number of ether oxygens (including phenoxy) is 1. The molecule has 25 heavy (non-hydrogen) atoms. The zero-order valence-corrected chi connectivity index (χ0v) is 15.2. The molecule has 1 saturated carbocycles. The van der Waals surface area contributed by atoms with Crippen molar-refractivity contribution in [2.75, 3.05) is 19.7 Å². The van der Waals surface area contributed by atoms with Crippen LogP contribution in [-0.4, -0.2) is 42.2 Å². The number of allylic oxidation sites excluding steroid dienone is 3. The molecular weight excluding hydrogens is 336 g/mol. The minimum Gasteiger partial charge on any atom is -0.404 e. The Balaban J connectivity index is 1.46. The van der Waals surface area contributed by atoms with Gasteiger partial charge in [-0.05, 0) is 49.5 Å². The highest BCUT2D eigenvalue weighted by Crippen LogP contribution is 2.62. The molecule has 5 nitrogen and oxygen atoms in total.